The first-order valence-electron chi connectivity index (χ1n) is 13.7. The minimum Gasteiger partial charge on any atom is -0.294 e. The van der Waals surface area contributed by atoms with Gasteiger partial charge in [-0.25, -0.2) is 0 Å². The SMILES string of the molecule is CC(C)N1C2CC(CC(C)(C)C3CCC4(CC4)N3C(C)(C)C)CCC2CC1C(C)(C)C. The third-order valence-corrected chi connectivity index (χ3v) is 9.90. The maximum Gasteiger partial charge on any atom is 0.0219 e. The van der Waals surface area contributed by atoms with E-state index in [0.29, 0.717) is 27.9 Å². The van der Waals surface area contributed by atoms with E-state index >= 15 is 0 Å². The van der Waals surface area contributed by atoms with Gasteiger partial charge < -0.3 is 0 Å². The quantitative estimate of drug-likeness (QED) is 0.455. The molecule has 2 aliphatic heterocycles. The molecule has 0 radical (unpaired) electrons. The number of rotatable bonds is 4. The molecule has 2 saturated heterocycles. The molecule has 2 nitrogen and oxygen atoms in total. The van der Waals surface area contributed by atoms with Crippen LogP contribution in [0.3, 0.4) is 0 Å². The molecule has 0 N–H and O–H groups in total. The lowest BCUT2D eigenvalue weighted by Crippen LogP contribution is -2.55. The van der Waals surface area contributed by atoms with E-state index in [1.54, 1.807) is 0 Å². The third-order valence-electron chi connectivity index (χ3n) is 9.90. The van der Waals surface area contributed by atoms with Crippen LogP contribution in [0, 0.1) is 22.7 Å². The Bertz CT molecular complexity index is 645. The summed E-state index contributed by atoms with van der Waals surface area (Å²) in [5.74, 6) is 1.85. The van der Waals surface area contributed by atoms with Crippen LogP contribution in [-0.4, -0.2) is 45.0 Å². The van der Waals surface area contributed by atoms with Crippen molar-refractivity contribution >= 4 is 0 Å². The van der Waals surface area contributed by atoms with E-state index in [9.17, 15) is 0 Å². The van der Waals surface area contributed by atoms with Crippen molar-refractivity contribution in [3.8, 4) is 0 Å². The van der Waals surface area contributed by atoms with Gasteiger partial charge in [0.15, 0.2) is 0 Å². The van der Waals surface area contributed by atoms with Gasteiger partial charge in [-0.2, -0.15) is 0 Å². The smallest absolute Gasteiger partial charge is 0.0219 e. The normalized spacial score (nSPS) is 37.1. The highest BCUT2D eigenvalue weighted by Gasteiger charge is 2.60. The van der Waals surface area contributed by atoms with Gasteiger partial charge in [-0.15, -0.1) is 0 Å². The first-order valence-corrected chi connectivity index (χ1v) is 13.7. The average Bonchev–Trinajstić information content (AvgIpc) is 3.08. The first-order chi connectivity index (χ1) is 14.2. The maximum absolute atomic E-state index is 3.00. The highest BCUT2D eigenvalue weighted by Crippen LogP contribution is 2.59. The molecule has 2 heteroatoms. The summed E-state index contributed by atoms with van der Waals surface area (Å²) in [5, 5.41) is 0. The molecule has 0 bridgehead atoms. The van der Waals surface area contributed by atoms with E-state index in [1.807, 2.05) is 0 Å². The Morgan fingerprint density at radius 3 is 1.97 bits per heavy atom. The van der Waals surface area contributed by atoms with Crippen LogP contribution in [0.25, 0.3) is 0 Å². The largest absolute Gasteiger partial charge is 0.294 e. The van der Waals surface area contributed by atoms with Crippen LogP contribution in [0.2, 0.25) is 0 Å². The van der Waals surface area contributed by atoms with Crippen LogP contribution < -0.4 is 0 Å². The zero-order valence-corrected chi connectivity index (χ0v) is 22.7. The standard InChI is InChI=1S/C29H54N2/c1-20(2)30-23-17-21(11-12-22(23)18-25(30)26(3,4)5)19-28(9,10)24-13-14-29(15-16-29)31(24)27(6,7)8/h20-25H,11-19H2,1-10H3. The summed E-state index contributed by atoms with van der Waals surface area (Å²) in [6.45, 7) is 25.0. The summed E-state index contributed by atoms with van der Waals surface area (Å²) in [6, 6.07) is 3.03. The molecule has 0 aromatic heterocycles. The Balaban J connectivity index is 1.48. The van der Waals surface area contributed by atoms with Crippen LogP contribution >= 0.6 is 0 Å². The molecule has 1 spiro atoms. The number of likely N-dealkylation sites (tertiary alicyclic amines) is 2. The second kappa shape index (κ2) is 7.72. The van der Waals surface area contributed by atoms with Gasteiger partial charge in [0.2, 0.25) is 0 Å². The fourth-order valence-corrected chi connectivity index (χ4v) is 8.72. The van der Waals surface area contributed by atoms with E-state index in [0.717, 1.165) is 30.0 Å². The minimum absolute atomic E-state index is 0.298. The topological polar surface area (TPSA) is 6.48 Å². The Hall–Kier alpha value is -0.0800. The van der Waals surface area contributed by atoms with Crippen molar-refractivity contribution in [3.05, 3.63) is 0 Å². The predicted octanol–water partition coefficient (Wildman–Crippen LogP) is 7.51. The molecule has 4 rings (SSSR count). The molecular weight excluding hydrogens is 376 g/mol. The lowest BCUT2D eigenvalue weighted by molar-refractivity contribution is -0.00871. The Labute approximate surface area is 194 Å². The Kier molecular flexibility index (Phi) is 5.99. The fraction of sp³-hybridized carbons (Fsp3) is 1.00. The molecule has 2 heterocycles. The highest BCUT2D eigenvalue weighted by molar-refractivity contribution is 5.16. The van der Waals surface area contributed by atoms with Crippen LogP contribution in [0.1, 0.15) is 127 Å². The van der Waals surface area contributed by atoms with Crippen molar-refractivity contribution in [1.29, 1.82) is 0 Å². The molecule has 2 saturated carbocycles. The summed E-state index contributed by atoms with van der Waals surface area (Å²) in [7, 11) is 0. The van der Waals surface area contributed by atoms with Crippen molar-refractivity contribution < 1.29 is 0 Å². The van der Waals surface area contributed by atoms with Crippen LogP contribution in [0.4, 0.5) is 0 Å². The highest BCUT2D eigenvalue weighted by atomic mass is 15.3. The Morgan fingerprint density at radius 1 is 0.806 bits per heavy atom. The molecular formula is C29H54N2. The third kappa shape index (κ3) is 4.39. The Morgan fingerprint density at radius 2 is 1.45 bits per heavy atom. The molecule has 180 valence electrons. The molecule has 5 unspecified atom stereocenters. The molecule has 4 fully saturated rings. The van der Waals surface area contributed by atoms with Crippen molar-refractivity contribution in [3.63, 3.8) is 0 Å². The first kappa shape index (κ1) is 24.1. The molecule has 31 heavy (non-hydrogen) atoms. The van der Waals surface area contributed by atoms with Gasteiger partial charge in [-0.1, -0.05) is 41.0 Å². The van der Waals surface area contributed by atoms with Crippen molar-refractivity contribution in [2.24, 2.45) is 22.7 Å². The molecule has 0 amide bonds. The van der Waals surface area contributed by atoms with Gasteiger partial charge in [-0.05, 0) is 109 Å². The second-order valence-electron chi connectivity index (χ2n) is 15.2. The van der Waals surface area contributed by atoms with E-state index in [1.165, 1.54) is 57.8 Å². The molecule has 2 aliphatic carbocycles. The number of fused-ring (bicyclic) bond motifs is 1. The molecule has 4 aliphatic rings. The second-order valence-corrected chi connectivity index (χ2v) is 15.2. The number of hydrogen-bond donors (Lipinski definition) is 0. The molecule has 5 atom stereocenters. The van der Waals surface area contributed by atoms with Crippen LogP contribution in [-0.2, 0) is 0 Å². The van der Waals surface area contributed by atoms with E-state index in [2.05, 4.69) is 79.0 Å². The van der Waals surface area contributed by atoms with Crippen molar-refractivity contribution in [2.45, 2.75) is 162 Å². The lowest BCUT2D eigenvalue weighted by atomic mass is 9.68. The summed E-state index contributed by atoms with van der Waals surface area (Å²) in [6.07, 6.45) is 13.0. The summed E-state index contributed by atoms with van der Waals surface area (Å²) >= 11 is 0. The van der Waals surface area contributed by atoms with Crippen molar-refractivity contribution in [2.75, 3.05) is 0 Å². The zero-order chi connectivity index (χ0) is 23.0. The van der Waals surface area contributed by atoms with Gasteiger partial charge in [0, 0.05) is 35.2 Å². The lowest BCUT2D eigenvalue weighted by Gasteiger charge is -2.49. The summed E-state index contributed by atoms with van der Waals surface area (Å²) in [5.41, 5.74) is 1.68. The van der Waals surface area contributed by atoms with Gasteiger partial charge >= 0.3 is 0 Å². The predicted molar refractivity (Wildman–Crippen MR) is 134 cm³/mol. The number of nitrogens with zero attached hydrogens (tertiary/aromatic N) is 2. The van der Waals surface area contributed by atoms with Gasteiger partial charge in [0.05, 0.1) is 0 Å². The summed E-state index contributed by atoms with van der Waals surface area (Å²) in [4.78, 5) is 5.96. The van der Waals surface area contributed by atoms with Gasteiger partial charge in [0.25, 0.3) is 0 Å². The average molecular weight is 431 g/mol. The molecule has 0 aromatic rings. The minimum atomic E-state index is 0.298. The van der Waals surface area contributed by atoms with E-state index in [-0.39, 0.29) is 0 Å². The number of hydrogen-bond acceptors (Lipinski definition) is 2. The van der Waals surface area contributed by atoms with Crippen molar-refractivity contribution in [1.82, 2.24) is 9.80 Å². The van der Waals surface area contributed by atoms with E-state index < -0.39 is 0 Å². The van der Waals surface area contributed by atoms with Crippen LogP contribution in [0.5, 0.6) is 0 Å². The van der Waals surface area contributed by atoms with Crippen LogP contribution in [0.15, 0.2) is 0 Å². The van der Waals surface area contributed by atoms with E-state index in [4.69, 9.17) is 0 Å². The van der Waals surface area contributed by atoms with Gasteiger partial charge in [-0.3, -0.25) is 9.80 Å². The van der Waals surface area contributed by atoms with Gasteiger partial charge in [0.1, 0.15) is 0 Å². The fourth-order valence-electron chi connectivity index (χ4n) is 8.72. The monoisotopic (exact) mass is 430 g/mol. The molecule has 0 aromatic carbocycles. The summed E-state index contributed by atoms with van der Waals surface area (Å²) < 4.78 is 0. The zero-order valence-electron chi connectivity index (χ0n) is 22.7. The maximum atomic E-state index is 3.00.